The van der Waals surface area contributed by atoms with Gasteiger partial charge in [-0.2, -0.15) is 12.6 Å². The van der Waals surface area contributed by atoms with Crippen LogP contribution >= 0.6 is 47.4 Å². The molecule has 3 N–H and O–H groups in total. The number of nitrogens with one attached hydrogen (secondary N) is 1. The van der Waals surface area contributed by atoms with Crippen LogP contribution in [-0.4, -0.2) is 5.91 Å². The maximum Gasteiger partial charge on any atom is 0.251 e. The summed E-state index contributed by atoms with van der Waals surface area (Å²) in [5, 5.41) is 0.157. The topological polar surface area (TPSA) is 55.1 Å². The number of carbonyl (C=O) groups is 1. The molecule has 0 radical (unpaired) electrons. The summed E-state index contributed by atoms with van der Waals surface area (Å²) < 4.78 is 0. The van der Waals surface area contributed by atoms with Crippen LogP contribution in [0.15, 0.2) is 12.1 Å². The Labute approximate surface area is 107 Å². The van der Waals surface area contributed by atoms with Gasteiger partial charge in [0.25, 0.3) is 5.91 Å². The van der Waals surface area contributed by atoms with Crippen molar-refractivity contribution >= 4 is 53.3 Å². The highest BCUT2D eigenvalue weighted by Gasteiger charge is 2.19. The molecule has 1 amide bonds. The van der Waals surface area contributed by atoms with Crippen LogP contribution < -0.4 is 11.3 Å². The summed E-state index contributed by atoms with van der Waals surface area (Å²) in [6.07, 6.45) is 0. The molecular formula is C8H7Cl3N2OS. The molecule has 1 aromatic carbocycles. The van der Waals surface area contributed by atoms with Gasteiger partial charge in [0.1, 0.15) is 5.25 Å². The van der Waals surface area contributed by atoms with Gasteiger partial charge in [-0.15, -0.1) is 0 Å². The van der Waals surface area contributed by atoms with Gasteiger partial charge in [0.05, 0.1) is 10.0 Å². The van der Waals surface area contributed by atoms with Crippen molar-refractivity contribution in [3.63, 3.8) is 0 Å². The van der Waals surface area contributed by atoms with Crippen LogP contribution in [0.5, 0.6) is 0 Å². The molecule has 0 saturated carbocycles. The normalized spacial score (nSPS) is 12.3. The van der Waals surface area contributed by atoms with E-state index >= 15 is 0 Å². The average molecular weight is 286 g/mol. The van der Waals surface area contributed by atoms with Crippen LogP contribution in [0.25, 0.3) is 0 Å². The highest BCUT2D eigenvalue weighted by atomic mass is 35.5. The fourth-order valence-electron chi connectivity index (χ4n) is 0.968. The zero-order valence-corrected chi connectivity index (χ0v) is 10.5. The van der Waals surface area contributed by atoms with Crippen molar-refractivity contribution in [2.24, 2.45) is 5.84 Å². The molecule has 1 atom stereocenters. The van der Waals surface area contributed by atoms with E-state index in [1.165, 1.54) is 12.1 Å². The molecule has 0 aromatic heterocycles. The van der Waals surface area contributed by atoms with Gasteiger partial charge in [-0.25, -0.2) is 5.84 Å². The van der Waals surface area contributed by atoms with Gasteiger partial charge in [0.15, 0.2) is 0 Å². The second-order valence-corrected chi connectivity index (χ2v) is 4.44. The largest absolute Gasteiger partial charge is 0.293 e. The van der Waals surface area contributed by atoms with Crippen molar-refractivity contribution in [2.45, 2.75) is 5.25 Å². The molecule has 0 aliphatic carbocycles. The van der Waals surface area contributed by atoms with Crippen molar-refractivity contribution in [3.05, 3.63) is 32.8 Å². The van der Waals surface area contributed by atoms with E-state index in [1.807, 2.05) is 5.43 Å². The van der Waals surface area contributed by atoms with E-state index in [-0.39, 0.29) is 0 Å². The summed E-state index contributed by atoms with van der Waals surface area (Å²) in [7, 11) is 0. The number of hydrogen-bond donors (Lipinski definition) is 3. The molecule has 82 valence electrons. The maximum atomic E-state index is 11.2. The zero-order chi connectivity index (χ0) is 11.6. The van der Waals surface area contributed by atoms with E-state index in [0.717, 1.165) is 0 Å². The minimum absolute atomic E-state index is 0.305. The lowest BCUT2D eigenvalue weighted by molar-refractivity contribution is -0.120. The zero-order valence-electron chi connectivity index (χ0n) is 7.30. The molecule has 1 unspecified atom stereocenters. The van der Waals surface area contributed by atoms with Gasteiger partial charge in [0.2, 0.25) is 0 Å². The highest BCUT2D eigenvalue weighted by molar-refractivity contribution is 7.81. The number of amides is 1. The Bertz CT molecular complexity index is 400. The monoisotopic (exact) mass is 284 g/mol. The Balaban J connectivity index is 3.14. The van der Waals surface area contributed by atoms with Crippen LogP contribution in [0.1, 0.15) is 10.8 Å². The molecule has 15 heavy (non-hydrogen) atoms. The Morgan fingerprint density at radius 1 is 1.27 bits per heavy atom. The van der Waals surface area contributed by atoms with Crippen LogP contribution in [0.4, 0.5) is 0 Å². The summed E-state index contributed by atoms with van der Waals surface area (Å²) in [6.45, 7) is 0. The predicted molar refractivity (Wildman–Crippen MR) is 65.5 cm³/mol. The Kier molecular flexibility index (Phi) is 4.55. The quantitative estimate of drug-likeness (QED) is 0.257. The number of rotatable bonds is 2. The number of benzene rings is 1. The van der Waals surface area contributed by atoms with Crippen molar-refractivity contribution in [2.75, 3.05) is 0 Å². The number of hydrogen-bond acceptors (Lipinski definition) is 3. The molecule has 1 rings (SSSR count). The van der Waals surface area contributed by atoms with Crippen molar-refractivity contribution in [1.82, 2.24) is 5.43 Å². The average Bonchev–Trinajstić information content (AvgIpc) is 2.21. The van der Waals surface area contributed by atoms with Crippen LogP contribution in [-0.2, 0) is 4.79 Å². The van der Waals surface area contributed by atoms with Crippen LogP contribution in [0.3, 0.4) is 0 Å². The van der Waals surface area contributed by atoms with Gasteiger partial charge in [-0.1, -0.05) is 34.8 Å². The molecule has 0 aliphatic rings. The molecule has 1 aromatic rings. The van der Waals surface area contributed by atoms with Gasteiger partial charge in [-0.05, 0) is 17.7 Å². The van der Waals surface area contributed by atoms with E-state index in [4.69, 9.17) is 40.6 Å². The number of carbonyl (C=O) groups excluding carboxylic acids is 1. The third-order valence-electron chi connectivity index (χ3n) is 1.72. The molecule has 3 nitrogen and oxygen atoms in total. The van der Waals surface area contributed by atoms with Gasteiger partial charge >= 0.3 is 0 Å². The first-order chi connectivity index (χ1) is 6.97. The fourth-order valence-corrected chi connectivity index (χ4v) is 2.00. The smallest absolute Gasteiger partial charge is 0.251 e. The fraction of sp³-hybridized carbons (Fsp3) is 0.125. The standard InChI is InChI=1S/C8H7Cl3N2OS/c9-4-2-6(11)5(10)1-3(4)7(15)8(14)13-12/h1-2,7,15H,12H2,(H,13,14). The van der Waals surface area contributed by atoms with Crippen LogP contribution in [0.2, 0.25) is 15.1 Å². The minimum Gasteiger partial charge on any atom is -0.293 e. The molecule has 0 saturated heterocycles. The van der Waals surface area contributed by atoms with E-state index in [2.05, 4.69) is 12.6 Å². The van der Waals surface area contributed by atoms with E-state index < -0.39 is 11.2 Å². The Morgan fingerprint density at radius 3 is 2.33 bits per heavy atom. The molecule has 0 aliphatic heterocycles. The molecule has 0 spiro atoms. The summed E-state index contributed by atoms with van der Waals surface area (Å²) in [5.41, 5.74) is 2.43. The van der Waals surface area contributed by atoms with Gasteiger partial charge in [-0.3, -0.25) is 10.2 Å². The lowest BCUT2D eigenvalue weighted by Gasteiger charge is -2.12. The van der Waals surface area contributed by atoms with Crippen molar-refractivity contribution in [3.8, 4) is 0 Å². The van der Waals surface area contributed by atoms with Crippen LogP contribution in [0, 0.1) is 0 Å². The third kappa shape index (κ3) is 2.92. The van der Waals surface area contributed by atoms with E-state index in [9.17, 15) is 4.79 Å². The minimum atomic E-state index is -0.780. The second-order valence-electron chi connectivity index (χ2n) is 2.70. The van der Waals surface area contributed by atoms with E-state index in [1.54, 1.807) is 0 Å². The summed E-state index contributed by atoms with van der Waals surface area (Å²) in [4.78, 5) is 11.2. The molecule has 0 bridgehead atoms. The molecule has 7 heteroatoms. The Morgan fingerprint density at radius 2 is 1.80 bits per heavy atom. The Hall–Kier alpha value is -0.130. The summed E-state index contributed by atoms with van der Waals surface area (Å²) in [5.74, 6) is 4.50. The molecular weight excluding hydrogens is 279 g/mol. The molecule has 0 fully saturated rings. The number of nitrogens with two attached hydrogens (primary N) is 1. The lowest BCUT2D eigenvalue weighted by atomic mass is 10.1. The first-order valence-corrected chi connectivity index (χ1v) is 5.45. The van der Waals surface area contributed by atoms with Gasteiger partial charge in [0, 0.05) is 5.02 Å². The number of hydrazine groups is 1. The van der Waals surface area contributed by atoms with Crippen molar-refractivity contribution in [1.29, 1.82) is 0 Å². The SMILES string of the molecule is NNC(=O)C(S)c1cc(Cl)c(Cl)cc1Cl. The highest BCUT2D eigenvalue weighted by Crippen LogP contribution is 2.34. The predicted octanol–water partition coefficient (Wildman–Crippen LogP) is 2.61. The summed E-state index contributed by atoms with van der Waals surface area (Å²) in [6, 6.07) is 2.94. The molecule has 0 heterocycles. The van der Waals surface area contributed by atoms with E-state index in [0.29, 0.717) is 20.6 Å². The second kappa shape index (κ2) is 5.27. The van der Waals surface area contributed by atoms with Crippen molar-refractivity contribution < 1.29 is 4.79 Å². The first kappa shape index (κ1) is 12.9. The third-order valence-corrected chi connectivity index (χ3v) is 3.29. The summed E-state index contributed by atoms with van der Waals surface area (Å²) >= 11 is 21.5. The number of halogens is 3. The lowest BCUT2D eigenvalue weighted by Crippen LogP contribution is -2.33. The maximum absolute atomic E-state index is 11.2. The van der Waals surface area contributed by atoms with Gasteiger partial charge < -0.3 is 0 Å². The number of thiol groups is 1. The first-order valence-electron chi connectivity index (χ1n) is 3.80.